The first-order chi connectivity index (χ1) is 9.44. The lowest BCUT2D eigenvalue weighted by atomic mass is 9.86. The minimum Gasteiger partial charge on any atom is -0.316 e. The van der Waals surface area contributed by atoms with Crippen molar-refractivity contribution >= 4 is 21.6 Å². The van der Waals surface area contributed by atoms with Gasteiger partial charge in [0.15, 0.2) is 0 Å². The summed E-state index contributed by atoms with van der Waals surface area (Å²) in [6.45, 7) is 0.577. The zero-order chi connectivity index (χ0) is 14.8. The normalized spacial score (nSPS) is 16.1. The molecule has 0 heterocycles. The molecule has 1 fully saturated rings. The Morgan fingerprint density at radius 3 is 2.65 bits per heavy atom. The van der Waals surface area contributed by atoms with Crippen LogP contribution in [0.25, 0.3) is 0 Å². The molecule has 4 nitrogen and oxygen atoms in total. The monoisotopic (exact) mass is 320 g/mol. The number of halogens is 2. The summed E-state index contributed by atoms with van der Waals surface area (Å²) in [6, 6.07) is 2.58. The van der Waals surface area contributed by atoms with Crippen LogP contribution >= 0.6 is 11.6 Å². The van der Waals surface area contributed by atoms with Crippen LogP contribution in [0.3, 0.4) is 0 Å². The van der Waals surface area contributed by atoms with E-state index in [2.05, 4.69) is 10.0 Å². The maximum Gasteiger partial charge on any atom is 0.243 e. The van der Waals surface area contributed by atoms with Crippen LogP contribution in [0.5, 0.6) is 0 Å². The van der Waals surface area contributed by atoms with E-state index in [9.17, 15) is 12.8 Å². The summed E-state index contributed by atoms with van der Waals surface area (Å²) in [6.07, 6.45) is 3.17. The third-order valence-corrected chi connectivity index (χ3v) is 5.16. The molecular weight excluding hydrogens is 303 g/mol. The van der Waals surface area contributed by atoms with E-state index in [4.69, 9.17) is 11.6 Å². The van der Waals surface area contributed by atoms with Crippen LogP contribution in [0.15, 0.2) is 17.0 Å². The number of hydrogen-bond acceptors (Lipinski definition) is 3. The average molecular weight is 321 g/mol. The Balaban J connectivity index is 2.25. The highest BCUT2D eigenvalue weighted by Gasteiger charge is 2.25. The van der Waals surface area contributed by atoms with Gasteiger partial charge in [-0.05, 0) is 37.9 Å². The van der Waals surface area contributed by atoms with Crippen LogP contribution in [0.2, 0.25) is 5.02 Å². The highest BCUT2D eigenvalue weighted by Crippen LogP contribution is 2.27. The van der Waals surface area contributed by atoms with E-state index in [1.54, 1.807) is 7.05 Å². The minimum atomic E-state index is -3.86. The molecule has 0 aliphatic heterocycles. The summed E-state index contributed by atoms with van der Waals surface area (Å²) in [7, 11) is -2.21. The fourth-order valence-electron chi connectivity index (χ4n) is 2.14. The van der Waals surface area contributed by atoms with Gasteiger partial charge in [-0.2, -0.15) is 0 Å². The summed E-state index contributed by atoms with van der Waals surface area (Å²) in [4.78, 5) is -0.380. The highest BCUT2D eigenvalue weighted by molar-refractivity contribution is 7.89. The minimum absolute atomic E-state index is 0.209. The lowest BCUT2D eigenvalue weighted by Crippen LogP contribution is -2.32. The smallest absolute Gasteiger partial charge is 0.243 e. The van der Waals surface area contributed by atoms with Crippen molar-refractivity contribution in [2.24, 2.45) is 5.92 Å². The Kier molecular flexibility index (Phi) is 5.01. The number of sulfonamides is 1. The Hall–Kier alpha value is -0.690. The molecule has 2 rings (SSSR count). The van der Waals surface area contributed by atoms with Gasteiger partial charge in [0.25, 0.3) is 0 Å². The van der Waals surface area contributed by atoms with Crippen molar-refractivity contribution in [2.75, 3.05) is 13.6 Å². The molecule has 0 unspecified atom stereocenters. The first-order valence-electron chi connectivity index (χ1n) is 6.56. The van der Waals surface area contributed by atoms with Gasteiger partial charge in [-0.3, -0.25) is 0 Å². The van der Waals surface area contributed by atoms with E-state index >= 15 is 0 Å². The largest absolute Gasteiger partial charge is 0.316 e. The van der Waals surface area contributed by atoms with Gasteiger partial charge in [-0.25, -0.2) is 17.5 Å². The number of benzene rings is 1. The molecule has 1 saturated carbocycles. The molecule has 0 amide bonds. The third kappa shape index (κ3) is 3.49. The summed E-state index contributed by atoms with van der Waals surface area (Å²) < 4.78 is 41.1. The Morgan fingerprint density at radius 2 is 2.10 bits per heavy atom. The van der Waals surface area contributed by atoms with Crippen molar-refractivity contribution in [1.82, 2.24) is 10.0 Å². The standard InChI is InChI=1S/C13H18ClFN2O2S/c1-16-8-10-5-11(14)6-12(13(10)15)20(18,19)17-7-9-3-2-4-9/h5-6,9,16-17H,2-4,7-8H2,1H3. The maximum atomic E-state index is 14.2. The molecule has 112 valence electrons. The van der Waals surface area contributed by atoms with Gasteiger partial charge >= 0.3 is 0 Å². The maximum absolute atomic E-state index is 14.2. The summed E-state index contributed by atoms with van der Waals surface area (Å²) in [5.74, 6) is -0.381. The van der Waals surface area contributed by atoms with Gasteiger partial charge in [0.1, 0.15) is 10.7 Å². The predicted molar refractivity (Wildman–Crippen MR) is 76.7 cm³/mol. The van der Waals surface area contributed by atoms with Crippen LogP contribution in [0.1, 0.15) is 24.8 Å². The van der Waals surface area contributed by atoms with E-state index in [1.165, 1.54) is 6.07 Å². The second-order valence-electron chi connectivity index (χ2n) is 5.06. The topological polar surface area (TPSA) is 58.2 Å². The predicted octanol–water partition coefficient (Wildman–Crippen LogP) is 2.28. The van der Waals surface area contributed by atoms with Gasteiger partial charge in [0.05, 0.1) is 0 Å². The second-order valence-corrected chi connectivity index (χ2v) is 7.23. The third-order valence-electron chi connectivity index (χ3n) is 3.52. The molecule has 7 heteroatoms. The molecular formula is C13H18ClFN2O2S. The summed E-state index contributed by atoms with van der Waals surface area (Å²) in [5, 5.41) is 2.99. The molecule has 2 N–H and O–H groups in total. The molecule has 0 atom stereocenters. The van der Waals surface area contributed by atoms with Gasteiger partial charge in [-0.15, -0.1) is 0 Å². The quantitative estimate of drug-likeness (QED) is 0.845. The summed E-state index contributed by atoms with van der Waals surface area (Å²) >= 11 is 5.88. The number of nitrogens with one attached hydrogen (secondary N) is 2. The molecule has 1 aliphatic rings. The van der Waals surface area contributed by atoms with Crippen molar-refractivity contribution in [3.63, 3.8) is 0 Å². The van der Waals surface area contributed by atoms with Crippen LogP contribution in [0.4, 0.5) is 4.39 Å². The van der Waals surface area contributed by atoms with Crippen molar-refractivity contribution < 1.29 is 12.8 Å². The fraction of sp³-hybridized carbons (Fsp3) is 0.538. The van der Waals surface area contributed by atoms with E-state index in [0.717, 1.165) is 25.3 Å². The molecule has 0 radical (unpaired) electrons. The molecule has 1 aliphatic carbocycles. The van der Waals surface area contributed by atoms with Crippen molar-refractivity contribution in [3.8, 4) is 0 Å². The van der Waals surface area contributed by atoms with Gasteiger partial charge in [0.2, 0.25) is 10.0 Å². The number of rotatable bonds is 6. The van der Waals surface area contributed by atoms with Crippen LogP contribution in [0, 0.1) is 11.7 Å². The molecule has 0 spiro atoms. The van der Waals surface area contributed by atoms with Gasteiger partial charge in [0, 0.05) is 23.7 Å². The molecule has 1 aromatic carbocycles. The first-order valence-corrected chi connectivity index (χ1v) is 8.42. The van der Waals surface area contributed by atoms with Crippen molar-refractivity contribution in [3.05, 3.63) is 28.5 Å². The zero-order valence-electron chi connectivity index (χ0n) is 11.2. The van der Waals surface area contributed by atoms with Crippen LogP contribution in [-0.2, 0) is 16.6 Å². The molecule has 1 aromatic rings. The lowest BCUT2D eigenvalue weighted by Gasteiger charge is -2.25. The van der Waals surface area contributed by atoms with Crippen LogP contribution in [-0.4, -0.2) is 22.0 Å². The molecule has 20 heavy (non-hydrogen) atoms. The first kappa shape index (κ1) is 15.7. The Morgan fingerprint density at radius 1 is 1.40 bits per heavy atom. The van der Waals surface area contributed by atoms with E-state index in [0.29, 0.717) is 12.5 Å². The van der Waals surface area contributed by atoms with Gasteiger partial charge < -0.3 is 5.32 Å². The fourth-order valence-corrected chi connectivity index (χ4v) is 3.70. The zero-order valence-corrected chi connectivity index (χ0v) is 12.8. The summed E-state index contributed by atoms with van der Waals surface area (Å²) in [5.41, 5.74) is 0.240. The van der Waals surface area contributed by atoms with Crippen LogP contribution < -0.4 is 10.0 Å². The Labute approximate surface area is 123 Å². The molecule has 0 saturated heterocycles. The average Bonchev–Trinajstić information content (AvgIpc) is 2.31. The van der Waals surface area contributed by atoms with Crippen molar-refractivity contribution in [2.45, 2.75) is 30.7 Å². The van der Waals surface area contributed by atoms with E-state index in [1.807, 2.05) is 0 Å². The van der Waals surface area contributed by atoms with E-state index < -0.39 is 15.8 Å². The van der Waals surface area contributed by atoms with E-state index in [-0.39, 0.29) is 22.0 Å². The van der Waals surface area contributed by atoms with Gasteiger partial charge in [-0.1, -0.05) is 18.0 Å². The SMILES string of the molecule is CNCc1cc(Cl)cc(S(=O)(=O)NCC2CCC2)c1F. The highest BCUT2D eigenvalue weighted by atomic mass is 35.5. The molecule has 0 aromatic heterocycles. The molecule has 0 bridgehead atoms. The Bertz CT molecular complexity index is 588. The van der Waals surface area contributed by atoms with Crippen molar-refractivity contribution in [1.29, 1.82) is 0 Å². The second kappa shape index (κ2) is 6.39. The number of hydrogen-bond donors (Lipinski definition) is 2. The lowest BCUT2D eigenvalue weighted by molar-refractivity contribution is 0.316.